The van der Waals surface area contributed by atoms with Crippen molar-refractivity contribution >= 4 is 26.8 Å². The molecule has 0 atom stereocenters. The van der Waals surface area contributed by atoms with Crippen LogP contribution < -0.4 is 5.32 Å². The van der Waals surface area contributed by atoms with Crippen molar-refractivity contribution in [1.82, 2.24) is 9.88 Å². The van der Waals surface area contributed by atoms with Crippen molar-refractivity contribution in [2.24, 2.45) is 7.05 Å². The predicted molar refractivity (Wildman–Crippen MR) is 91.3 cm³/mol. The molecule has 2 nitrogen and oxygen atoms in total. The van der Waals surface area contributed by atoms with Crippen LogP contribution in [0.2, 0.25) is 0 Å². The number of halogens is 1. The number of aromatic nitrogens is 1. The van der Waals surface area contributed by atoms with Crippen LogP contribution in [0.1, 0.15) is 45.9 Å². The molecule has 0 radical (unpaired) electrons. The van der Waals surface area contributed by atoms with Gasteiger partial charge in [-0.05, 0) is 39.0 Å². The lowest BCUT2D eigenvalue weighted by Crippen LogP contribution is -2.23. The molecule has 20 heavy (non-hydrogen) atoms. The monoisotopic (exact) mass is 336 g/mol. The number of nitrogens with one attached hydrogen (secondary N) is 1. The lowest BCUT2D eigenvalue weighted by Gasteiger charge is -2.19. The first kappa shape index (κ1) is 15.6. The summed E-state index contributed by atoms with van der Waals surface area (Å²) in [4.78, 5) is 0. The highest BCUT2D eigenvalue weighted by Crippen LogP contribution is 2.34. The van der Waals surface area contributed by atoms with Gasteiger partial charge in [0.15, 0.2) is 0 Å². The van der Waals surface area contributed by atoms with Crippen molar-refractivity contribution in [1.29, 1.82) is 0 Å². The molecule has 0 unspecified atom stereocenters. The Morgan fingerprint density at radius 3 is 2.45 bits per heavy atom. The van der Waals surface area contributed by atoms with Crippen LogP contribution in [0.15, 0.2) is 22.7 Å². The summed E-state index contributed by atoms with van der Waals surface area (Å²) < 4.78 is 3.50. The minimum absolute atomic E-state index is 0.180. The molecule has 3 heteroatoms. The van der Waals surface area contributed by atoms with Crippen LogP contribution >= 0.6 is 15.9 Å². The molecule has 0 fully saturated rings. The molecule has 1 aromatic heterocycles. The Hall–Kier alpha value is -0.800. The third-order valence-electron chi connectivity index (χ3n) is 3.80. The SMILES string of the molecule is CC(C)NCc1c(Br)c2cc(C(C)(C)C)ccc2n1C. The number of hydrogen-bond acceptors (Lipinski definition) is 1. The van der Waals surface area contributed by atoms with Gasteiger partial charge in [0.2, 0.25) is 0 Å². The zero-order chi connectivity index (χ0) is 15.1. The second-order valence-corrected chi connectivity index (χ2v) is 7.63. The van der Waals surface area contributed by atoms with E-state index in [1.165, 1.54) is 26.6 Å². The molecule has 0 bridgehead atoms. The number of rotatable bonds is 3. The quantitative estimate of drug-likeness (QED) is 0.856. The maximum absolute atomic E-state index is 3.79. The molecule has 0 aliphatic carbocycles. The van der Waals surface area contributed by atoms with Gasteiger partial charge in [0.25, 0.3) is 0 Å². The first-order chi connectivity index (χ1) is 9.21. The van der Waals surface area contributed by atoms with Crippen LogP contribution in [0.25, 0.3) is 10.9 Å². The highest BCUT2D eigenvalue weighted by atomic mass is 79.9. The highest BCUT2D eigenvalue weighted by Gasteiger charge is 2.18. The normalized spacial score (nSPS) is 12.6. The number of hydrogen-bond donors (Lipinski definition) is 1. The molecule has 110 valence electrons. The Morgan fingerprint density at radius 2 is 1.90 bits per heavy atom. The molecular weight excluding hydrogens is 312 g/mol. The molecule has 0 aliphatic heterocycles. The summed E-state index contributed by atoms with van der Waals surface area (Å²) in [7, 11) is 2.14. The van der Waals surface area contributed by atoms with Gasteiger partial charge in [-0.1, -0.05) is 40.7 Å². The Bertz CT molecular complexity index is 618. The molecule has 0 amide bonds. The highest BCUT2D eigenvalue weighted by molar-refractivity contribution is 9.10. The number of nitrogens with zero attached hydrogens (tertiary/aromatic N) is 1. The molecule has 1 aromatic carbocycles. The number of benzene rings is 1. The van der Waals surface area contributed by atoms with E-state index in [1.807, 2.05) is 0 Å². The summed E-state index contributed by atoms with van der Waals surface area (Å²) >= 11 is 3.79. The van der Waals surface area contributed by atoms with Crippen LogP contribution in [-0.4, -0.2) is 10.6 Å². The van der Waals surface area contributed by atoms with Crippen LogP contribution in [0.3, 0.4) is 0 Å². The average Bonchev–Trinajstić information content (AvgIpc) is 2.58. The summed E-state index contributed by atoms with van der Waals surface area (Å²) in [5.41, 5.74) is 4.14. The molecule has 1 heterocycles. The van der Waals surface area contributed by atoms with E-state index in [2.05, 4.69) is 85.7 Å². The first-order valence-electron chi connectivity index (χ1n) is 7.22. The Kier molecular flexibility index (Phi) is 4.31. The van der Waals surface area contributed by atoms with Gasteiger partial charge in [0, 0.05) is 40.7 Å². The van der Waals surface area contributed by atoms with E-state index >= 15 is 0 Å². The Balaban J connectivity index is 2.52. The van der Waals surface area contributed by atoms with Crippen LogP contribution in [0, 0.1) is 0 Å². The predicted octanol–water partition coefficient (Wildman–Crippen LogP) is 4.74. The largest absolute Gasteiger partial charge is 0.345 e. The molecule has 0 saturated heterocycles. The van der Waals surface area contributed by atoms with Crippen LogP contribution in [0.5, 0.6) is 0 Å². The maximum atomic E-state index is 3.79. The van der Waals surface area contributed by atoms with Crippen molar-refractivity contribution in [3.05, 3.63) is 33.9 Å². The van der Waals surface area contributed by atoms with Gasteiger partial charge in [-0.3, -0.25) is 0 Å². The van der Waals surface area contributed by atoms with Gasteiger partial charge in [-0.25, -0.2) is 0 Å². The zero-order valence-electron chi connectivity index (χ0n) is 13.3. The zero-order valence-corrected chi connectivity index (χ0v) is 14.9. The molecule has 0 saturated carbocycles. The fourth-order valence-corrected chi connectivity index (χ4v) is 3.14. The third kappa shape index (κ3) is 2.94. The smallest absolute Gasteiger partial charge is 0.0492 e. The van der Waals surface area contributed by atoms with Gasteiger partial charge in [-0.2, -0.15) is 0 Å². The fourth-order valence-electron chi connectivity index (χ4n) is 2.42. The Morgan fingerprint density at radius 1 is 1.25 bits per heavy atom. The average molecular weight is 337 g/mol. The third-order valence-corrected chi connectivity index (χ3v) is 4.68. The van der Waals surface area contributed by atoms with E-state index in [-0.39, 0.29) is 5.41 Å². The summed E-state index contributed by atoms with van der Waals surface area (Å²) in [6.07, 6.45) is 0. The van der Waals surface area contributed by atoms with E-state index in [9.17, 15) is 0 Å². The lowest BCUT2D eigenvalue weighted by molar-refractivity contribution is 0.571. The van der Waals surface area contributed by atoms with E-state index < -0.39 is 0 Å². The standard InChI is InChI=1S/C17H25BrN2/c1-11(2)19-10-15-16(18)13-9-12(17(3,4)5)7-8-14(13)20(15)6/h7-9,11,19H,10H2,1-6H3. The lowest BCUT2D eigenvalue weighted by atomic mass is 9.86. The second kappa shape index (κ2) is 5.53. The maximum Gasteiger partial charge on any atom is 0.0492 e. The van der Waals surface area contributed by atoms with Crippen molar-refractivity contribution in [3.63, 3.8) is 0 Å². The van der Waals surface area contributed by atoms with Gasteiger partial charge >= 0.3 is 0 Å². The minimum Gasteiger partial charge on any atom is -0.345 e. The molecule has 2 rings (SSSR count). The Labute approximate surface area is 130 Å². The van der Waals surface area contributed by atoms with Gasteiger partial charge in [0.1, 0.15) is 0 Å². The fraction of sp³-hybridized carbons (Fsp3) is 0.529. The van der Waals surface area contributed by atoms with E-state index in [0.29, 0.717) is 6.04 Å². The van der Waals surface area contributed by atoms with Crippen LogP contribution in [-0.2, 0) is 19.0 Å². The minimum atomic E-state index is 0.180. The second-order valence-electron chi connectivity index (χ2n) is 6.84. The van der Waals surface area contributed by atoms with E-state index in [0.717, 1.165) is 6.54 Å². The first-order valence-corrected chi connectivity index (χ1v) is 8.01. The van der Waals surface area contributed by atoms with Crippen molar-refractivity contribution < 1.29 is 0 Å². The van der Waals surface area contributed by atoms with E-state index in [4.69, 9.17) is 0 Å². The molecule has 2 aromatic rings. The summed E-state index contributed by atoms with van der Waals surface area (Å²) in [5.74, 6) is 0. The van der Waals surface area contributed by atoms with Crippen molar-refractivity contribution in [3.8, 4) is 0 Å². The molecule has 0 aliphatic rings. The summed E-state index contributed by atoms with van der Waals surface area (Å²) in [6.45, 7) is 12.0. The van der Waals surface area contributed by atoms with Gasteiger partial charge in [-0.15, -0.1) is 0 Å². The molecule has 1 N–H and O–H groups in total. The van der Waals surface area contributed by atoms with Crippen LogP contribution in [0.4, 0.5) is 0 Å². The molecule has 0 spiro atoms. The summed E-state index contributed by atoms with van der Waals surface area (Å²) in [6, 6.07) is 7.29. The summed E-state index contributed by atoms with van der Waals surface area (Å²) in [5, 5.41) is 4.80. The van der Waals surface area contributed by atoms with E-state index in [1.54, 1.807) is 0 Å². The van der Waals surface area contributed by atoms with Gasteiger partial charge < -0.3 is 9.88 Å². The molecular formula is C17H25BrN2. The van der Waals surface area contributed by atoms with Gasteiger partial charge in [0.05, 0.1) is 0 Å². The topological polar surface area (TPSA) is 17.0 Å². The van der Waals surface area contributed by atoms with Crippen molar-refractivity contribution in [2.45, 2.75) is 52.6 Å². The number of fused-ring (bicyclic) bond motifs is 1. The number of aryl methyl sites for hydroxylation is 1. The van der Waals surface area contributed by atoms with Crippen molar-refractivity contribution in [2.75, 3.05) is 0 Å².